The van der Waals surface area contributed by atoms with Crippen LogP contribution in [0.15, 0.2) is 35.6 Å². The molecule has 70 valence electrons. The zero-order valence-corrected chi connectivity index (χ0v) is 7.28. The summed E-state index contributed by atoms with van der Waals surface area (Å²) < 4.78 is 0. The van der Waals surface area contributed by atoms with Crippen molar-refractivity contribution in [2.24, 2.45) is 11.7 Å². The maximum absolute atomic E-state index is 11.4. The van der Waals surface area contributed by atoms with Crippen LogP contribution in [0.2, 0.25) is 0 Å². The van der Waals surface area contributed by atoms with Crippen LogP contribution in [-0.4, -0.2) is 17.3 Å². The van der Waals surface area contributed by atoms with Crippen molar-refractivity contribution in [1.29, 1.82) is 5.41 Å². The third kappa shape index (κ3) is 1.04. The lowest BCUT2D eigenvalue weighted by Crippen LogP contribution is -2.33. The summed E-state index contributed by atoms with van der Waals surface area (Å²) in [5.74, 6) is -1.31. The van der Waals surface area contributed by atoms with Crippen LogP contribution in [0.4, 0.5) is 0 Å². The Hall–Kier alpha value is -1.97. The molecule has 2 aliphatic rings. The van der Waals surface area contributed by atoms with E-state index < -0.39 is 5.92 Å². The Kier molecular flexibility index (Phi) is 1.70. The summed E-state index contributed by atoms with van der Waals surface area (Å²) in [4.78, 5) is 22.8. The normalized spacial score (nSPS) is 25.7. The molecule has 1 unspecified atom stereocenters. The Labute approximate surface area is 80.3 Å². The minimum absolute atomic E-state index is 0.122. The van der Waals surface area contributed by atoms with Gasteiger partial charge in [0.15, 0.2) is 11.6 Å². The number of nitrogens with one attached hydrogen (secondary N) is 1. The second-order valence-corrected chi connectivity index (χ2v) is 3.19. The highest BCUT2D eigenvalue weighted by atomic mass is 16.1. The quantitative estimate of drug-likeness (QED) is 0.566. The van der Waals surface area contributed by atoms with Crippen molar-refractivity contribution in [2.45, 2.75) is 0 Å². The third-order valence-electron chi connectivity index (χ3n) is 2.30. The van der Waals surface area contributed by atoms with Gasteiger partial charge in [0, 0.05) is 17.0 Å². The fraction of sp³-hybridized carbons (Fsp3) is 0.100. The molecule has 0 aromatic carbocycles. The van der Waals surface area contributed by atoms with Gasteiger partial charge in [0.2, 0.25) is 0 Å². The highest BCUT2D eigenvalue weighted by Crippen LogP contribution is 2.26. The summed E-state index contributed by atoms with van der Waals surface area (Å²) in [5.41, 5.74) is 6.24. The van der Waals surface area contributed by atoms with Gasteiger partial charge in [-0.3, -0.25) is 9.59 Å². The van der Waals surface area contributed by atoms with E-state index in [2.05, 4.69) is 0 Å². The summed E-state index contributed by atoms with van der Waals surface area (Å²) >= 11 is 0. The Morgan fingerprint density at radius 3 is 2.50 bits per heavy atom. The number of hydrogen-bond donors (Lipinski definition) is 2. The van der Waals surface area contributed by atoms with E-state index in [1.807, 2.05) is 0 Å². The van der Waals surface area contributed by atoms with E-state index in [1.165, 1.54) is 24.3 Å². The molecule has 4 heteroatoms. The fourth-order valence-corrected chi connectivity index (χ4v) is 1.61. The van der Waals surface area contributed by atoms with E-state index in [0.29, 0.717) is 0 Å². The van der Waals surface area contributed by atoms with E-state index in [-0.39, 0.29) is 28.5 Å². The van der Waals surface area contributed by atoms with Gasteiger partial charge in [-0.25, -0.2) is 0 Å². The largest absolute Gasteiger partial charge is 0.398 e. The molecule has 0 aliphatic heterocycles. The van der Waals surface area contributed by atoms with Gasteiger partial charge >= 0.3 is 0 Å². The Bertz CT molecular complexity index is 441. The average Bonchev–Trinajstić information content (AvgIpc) is 2.16. The van der Waals surface area contributed by atoms with Crippen LogP contribution in [0, 0.1) is 11.3 Å². The van der Waals surface area contributed by atoms with Crippen molar-refractivity contribution in [3.05, 3.63) is 35.6 Å². The van der Waals surface area contributed by atoms with Crippen molar-refractivity contribution in [3.63, 3.8) is 0 Å². The van der Waals surface area contributed by atoms with Crippen molar-refractivity contribution in [2.75, 3.05) is 0 Å². The van der Waals surface area contributed by atoms with Crippen LogP contribution in [0.3, 0.4) is 0 Å². The fourth-order valence-electron chi connectivity index (χ4n) is 1.61. The van der Waals surface area contributed by atoms with Crippen molar-refractivity contribution >= 4 is 17.3 Å². The zero-order valence-electron chi connectivity index (χ0n) is 7.28. The maximum Gasteiger partial charge on any atom is 0.185 e. The summed E-state index contributed by atoms with van der Waals surface area (Å²) in [6.45, 7) is 0. The predicted octanol–water partition coefficient (Wildman–Crippen LogP) is 0.113. The lowest BCUT2D eigenvalue weighted by molar-refractivity contribution is -0.119. The first-order chi connectivity index (χ1) is 6.61. The van der Waals surface area contributed by atoms with Gasteiger partial charge in [-0.05, 0) is 24.3 Å². The third-order valence-corrected chi connectivity index (χ3v) is 2.30. The molecule has 0 amide bonds. The Balaban J connectivity index is 2.64. The number of allylic oxidation sites excluding steroid dienone is 5. The molecule has 2 rings (SSSR count). The summed E-state index contributed by atoms with van der Waals surface area (Å²) in [5, 5.41) is 7.54. The number of carbonyl (C=O) groups excluding carboxylic acids is 2. The number of nitrogens with two attached hydrogens (primary N) is 1. The molecule has 0 radical (unpaired) electrons. The molecule has 0 heterocycles. The first-order valence-corrected chi connectivity index (χ1v) is 4.13. The highest BCUT2D eigenvalue weighted by Gasteiger charge is 2.34. The first kappa shape index (κ1) is 8.62. The number of fused-ring (bicyclic) bond motifs is 1. The van der Waals surface area contributed by atoms with E-state index in [1.54, 1.807) is 0 Å². The Morgan fingerprint density at radius 1 is 1.14 bits per heavy atom. The Morgan fingerprint density at radius 2 is 1.86 bits per heavy atom. The van der Waals surface area contributed by atoms with E-state index >= 15 is 0 Å². The highest BCUT2D eigenvalue weighted by molar-refractivity contribution is 6.27. The van der Waals surface area contributed by atoms with E-state index in [0.717, 1.165) is 0 Å². The predicted molar refractivity (Wildman–Crippen MR) is 50.7 cm³/mol. The van der Waals surface area contributed by atoms with Crippen molar-refractivity contribution in [3.8, 4) is 0 Å². The van der Waals surface area contributed by atoms with Crippen LogP contribution in [0.5, 0.6) is 0 Å². The molecule has 0 aromatic heterocycles. The summed E-state index contributed by atoms with van der Waals surface area (Å²) in [6.07, 6.45) is 5.34. The molecule has 14 heavy (non-hydrogen) atoms. The molecule has 1 atom stereocenters. The molecular formula is C10H8N2O2. The van der Waals surface area contributed by atoms with E-state index in [4.69, 9.17) is 11.1 Å². The number of ketones is 2. The molecule has 0 bridgehead atoms. The summed E-state index contributed by atoms with van der Waals surface area (Å²) in [6, 6.07) is 0. The molecule has 0 fully saturated rings. The van der Waals surface area contributed by atoms with Crippen molar-refractivity contribution < 1.29 is 9.59 Å². The first-order valence-electron chi connectivity index (χ1n) is 4.13. The molecule has 3 N–H and O–H groups in total. The SMILES string of the molecule is N=C1C=CC(N)=C2C(=O)C=CC(=O)C12. The van der Waals surface area contributed by atoms with E-state index in [9.17, 15) is 9.59 Å². The number of rotatable bonds is 0. The molecule has 2 aliphatic carbocycles. The van der Waals surface area contributed by atoms with Crippen LogP contribution < -0.4 is 5.73 Å². The van der Waals surface area contributed by atoms with Crippen LogP contribution in [0.1, 0.15) is 0 Å². The summed E-state index contributed by atoms with van der Waals surface area (Å²) in [7, 11) is 0. The smallest absolute Gasteiger partial charge is 0.185 e. The zero-order chi connectivity index (χ0) is 10.3. The van der Waals surface area contributed by atoms with Crippen molar-refractivity contribution in [1.82, 2.24) is 0 Å². The average molecular weight is 188 g/mol. The monoisotopic (exact) mass is 188 g/mol. The van der Waals surface area contributed by atoms with Crippen LogP contribution in [0.25, 0.3) is 0 Å². The van der Waals surface area contributed by atoms with Gasteiger partial charge in [-0.1, -0.05) is 0 Å². The molecule has 4 nitrogen and oxygen atoms in total. The van der Waals surface area contributed by atoms with Gasteiger partial charge in [0.1, 0.15) is 0 Å². The minimum Gasteiger partial charge on any atom is -0.398 e. The molecule has 0 saturated carbocycles. The van der Waals surface area contributed by atoms with Crippen LogP contribution in [-0.2, 0) is 9.59 Å². The topological polar surface area (TPSA) is 84.0 Å². The molecule has 0 aromatic rings. The molecule has 0 saturated heterocycles. The van der Waals surface area contributed by atoms with Gasteiger partial charge in [0.05, 0.1) is 5.92 Å². The maximum atomic E-state index is 11.4. The van der Waals surface area contributed by atoms with Gasteiger partial charge in [0.25, 0.3) is 0 Å². The van der Waals surface area contributed by atoms with Gasteiger partial charge in [-0.15, -0.1) is 0 Å². The standard InChI is InChI=1S/C10H8N2O2/c11-5-1-2-6(12)10-8(14)4-3-7(13)9(5)10/h1-4,9,11H,12H2. The van der Waals surface area contributed by atoms with Gasteiger partial charge < -0.3 is 11.1 Å². The van der Waals surface area contributed by atoms with Crippen LogP contribution >= 0.6 is 0 Å². The second-order valence-electron chi connectivity index (χ2n) is 3.19. The molecule has 0 spiro atoms. The van der Waals surface area contributed by atoms with Gasteiger partial charge in [-0.2, -0.15) is 0 Å². The number of carbonyl (C=O) groups is 2. The second kappa shape index (κ2) is 2.77. The lowest BCUT2D eigenvalue weighted by atomic mass is 9.79. The number of hydrogen-bond acceptors (Lipinski definition) is 4. The minimum atomic E-state index is -0.780. The lowest BCUT2D eigenvalue weighted by Gasteiger charge is -2.22. The molecular weight excluding hydrogens is 180 g/mol.